The summed E-state index contributed by atoms with van der Waals surface area (Å²) in [6.45, 7) is 5.30. The Hall–Kier alpha value is -2.71. The number of ketones is 1. The Labute approximate surface area is 211 Å². The summed E-state index contributed by atoms with van der Waals surface area (Å²) in [6, 6.07) is 4.17. The van der Waals surface area contributed by atoms with Crippen LogP contribution in [0.15, 0.2) is 30.7 Å². The lowest BCUT2D eigenvalue weighted by Gasteiger charge is -2.58. The monoisotopic (exact) mass is 490 g/mol. The first kappa shape index (κ1) is 23.7. The lowest BCUT2D eigenvalue weighted by atomic mass is 9.56. The zero-order valence-corrected chi connectivity index (χ0v) is 21.1. The van der Waals surface area contributed by atoms with Gasteiger partial charge in [-0.15, -0.1) is 0 Å². The highest BCUT2D eigenvalue weighted by molar-refractivity contribution is 5.87. The van der Waals surface area contributed by atoms with E-state index in [-0.39, 0.29) is 23.8 Å². The Bertz CT molecular complexity index is 1250. The summed E-state index contributed by atoms with van der Waals surface area (Å²) in [6.07, 6.45) is 11.7. The van der Waals surface area contributed by atoms with E-state index in [1.54, 1.807) is 6.20 Å². The minimum Gasteiger partial charge on any atom is -0.300 e. The lowest BCUT2D eigenvalue weighted by molar-refractivity contribution is -0.141. The number of hydrogen-bond acceptors (Lipinski definition) is 6. The van der Waals surface area contributed by atoms with Crippen molar-refractivity contribution in [2.24, 2.45) is 18.4 Å². The topological polar surface area (TPSA) is 67.2 Å². The molecule has 0 radical (unpaired) electrons. The minimum atomic E-state index is -0.289. The number of likely N-dealkylation sites (tertiary alicyclic amines) is 2. The van der Waals surface area contributed by atoms with E-state index in [9.17, 15) is 9.18 Å². The Morgan fingerprint density at radius 2 is 1.86 bits per heavy atom. The smallest absolute Gasteiger partial charge is 0.141 e. The van der Waals surface area contributed by atoms with E-state index >= 15 is 0 Å². The third kappa shape index (κ3) is 4.57. The molecule has 0 unspecified atom stereocenters. The highest BCUT2D eigenvalue weighted by atomic mass is 19.1. The van der Waals surface area contributed by atoms with Gasteiger partial charge in [0.2, 0.25) is 0 Å². The van der Waals surface area contributed by atoms with Crippen molar-refractivity contribution in [2.45, 2.75) is 45.1 Å². The van der Waals surface area contributed by atoms with E-state index in [4.69, 9.17) is 0 Å². The van der Waals surface area contributed by atoms with Crippen molar-refractivity contribution in [1.82, 2.24) is 29.5 Å². The van der Waals surface area contributed by atoms with Crippen molar-refractivity contribution in [3.8, 4) is 11.1 Å². The molecule has 36 heavy (non-hydrogen) atoms. The van der Waals surface area contributed by atoms with Gasteiger partial charge in [0.15, 0.2) is 0 Å². The van der Waals surface area contributed by atoms with Crippen molar-refractivity contribution < 1.29 is 9.18 Å². The number of halogens is 1. The third-order valence-corrected chi connectivity index (χ3v) is 8.51. The van der Waals surface area contributed by atoms with Crippen LogP contribution in [0.25, 0.3) is 22.0 Å². The van der Waals surface area contributed by atoms with Crippen molar-refractivity contribution in [2.75, 3.05) is 39.4 Å². The standard InChI is InChI=1S/C28H35FN6O/c1-33-26(17-34-6-3-2-4-7-34)24(15-32-33)21-9-20-10-23(30-16-25(20)31-14-21)11-27(36)22-12-28(13-22)18-35(19-28)8-5-29/h9-10,14-16,22H,2-8,11-13,17-19H2,1H3. The zero-order valence-electron chi connectivity index (χ0n) is 21.1. The van der Waals surface area contributed by atoms with Gasteiger partial charge in [-0.05, 0) is 56.3 Å². The molecule has 0 N–H and O–H groups in total. The molecule has 2 aliphatic heterocycles. The first-order valence-corrected chi connectivity index (χ1v) is 13.3. The fourth-order valence-electron chi connectivity index (χ4n) is 6.52. The number of hydrogen-bond donors (Lipinski definition) is 0. The van der Waals surface area contributed by atoms with Gasteiger partial charge >= 0.3 is 0 Å². The third-order valence-electron chi connectivity index (χ3n) is 8.51. The number of alkyl halides is 1. The second-order valence-corrected chi connectivity index (χ2v) is 11.2. The maximum atomic E-state index is 12.9. The molecule has 5 heterocycles. The highest BCUT2D eigenvalue weighted by Crippen LogP contribution is 2.52. The predicted molar refractivity (Wildman–Crippen MR) is 137 cm³/mol. The number of carbonyl (C=O) groups is 1. The summed E-state index contributed by atoms with van der Waals surface area (Å²) in [4.78, 5) is 26.8. The number of aryl methyl sites for hydroxylation is 1. The maximum absolute atomic E-state index is 12.9. The normalized spacial score (nSPS) is 20.5. The van der Waals surface area contributed by atoms with Crippen LogP contribution < -0.4 is 0 Å². The van der Waals surface area contributed by atoms with Gasteiger partial charge in [-0.2, -0.15) is 5.10 Å². The number of rotatable bonds is 8. The van der Waals surface area contributed by atoms with Crippen LogP contribution in [0.2, 0.25) is 0 Å². The average Bonchev–Trinajstić information content (AvgIpc) is 3.19. The van der Waals surface area contributed by atoms with Gasteiger partial charge in [0.05, 0.1) is 23.6 Å². The fraction of sp³-hybridized carbons (Fsp3) is 0.571. The second kappa shape index (κ2) is 9.63. The second-order valence-electron chi connectivity index (χ2n) is 11.2. The van der Waals surface area contributed by atoms with Crippen LogP contribution in [-0.4, -0.2) is 74.7 Å². The minimum absolute atomic E-state index is 0.118. The van der Waals surface area contributed by atoms with Crippen molar-refractivity contribution >= 4 is 16.7 Å². The molecule has 0 amide bonds. The number of aromatic nitrogens is 4. The maximum Gasteiger partial charge on any atom is 0.141 e. The molecule has 8 heteroatoms. The summed E-state index contributed by atoms with van der Waals surface area (Å²) in [5, 5.41) is 5.56. The van der Waals surface area contributed by atoms with Gasteiger partial charge in [-0.1, -0.05) is 6.42 Å². The number of carbonyl (C=O) groups excluding carboxylic acids is 1. The SMILES string of the molecule is Cn1ncc(-c2cnc3cnc(CC(=O)C4CC5(C4)CN(CCF)C5)cc3c2)c1CN1CCCCC1. The van der Waals surface area contributed by atoms with Crippen molar-refractivity contribution in [1.29, 1.82) is 0 Å². The van der Waals surface area contributed by atoms with Crippen molar-refractivity contribution in [3.63, 3.8) is 0 Å². The summed E-state index contributed by atoms with van der Waals surface area (Å²) < 4.78 is 14.5. The summed E-state index contributed by atoms with van der Waals surface area (Å²) >= 11 is 0. The lowest BCUT2D eigenvalue weighted by Crippen LogP contribution is -2.63. The molecule has 3 aromatic rings. The van der Waals surface area contributed by atoms with E-state index in [1.807, 2.05) is 30.2 Å². The molecule has 1 spiro atoms. The molecule has 3 fully saturated rings. The quantitative estimate of drug-likeness (QED) is 0.478. The molecule has 0 aromatic carbocycles. The molecule has 1 aliphatic carbocycles. The van der Waals surface area contributed by atoms with Gasteiger partial charge in [0.1, 0.15) is 12.5 Å². The molecule has 0 atom stereocenters. The largest absolute Gasteiger partial charge is 0.300 e. The molecular weight excluding hydrogens is 455 g/mol. The molecule has 0 bridgehead atoms. The van der Waals surface area contributed by atoms with Gasteiger partial charge in [0.25, 0.3) is 0 Å². The summed E-state index contributed by atoms with van der Waals surface area (Å²) in [5.74, 6) is 0.392. The van der Waals surface area contributed by atoms with Crippen LogP contribution in [0.1, 0.15) is 43.5 Å². The van der Waals surface area contributed by atoms with Gasteiger partial charge in [0, 0.05) is 74.0 Å². The van der Waals surface area contributed by atoms with E-state index in [1.165, 1.54) is 25.0 Å². The number of fused-ring (bicyclic) bond motifs is 1. The molecule has 2 saturated heterocycles. The predicted octanol–water partition coefficient (Wildman–Crippen LogP) is 3.81. The average molecular weight is 491 g/mol. The van der Waals surface area contributed by atoms with Crippen LogP contribution in [0, 0.1) is 11.3 Å². The number of pyridine rings is 2. The van der Waals surface area contributed by atoms with Gasteiger partial charge in [-0.25, -0.2) is 4.39 Å². The van der Waals surface area contributed by atoms with Crippen molar-refractivity contribution in [3.05, 3.63) is 42.1 Å². The first-order valence-electron chi connectivity index (χ1n) is 13.3. The van der Waals surface area contributed by atoms with Crippen LogP contribution in [0.5, 0.6) is 0 Å². The Balaban J connectivity index is 1.15. The van der Waals surface area contributed by atoms with E-state index in [2.05, 4.69) is 30.9 Å². The van der Waals surface area contributed by atoms with E-state index < -0.39 is 0 Å². The Kier molecular flexibility index (Phi) is 6.33. The molecule has 6 rings (SSSR count). The molecule has 3 aliphatic rings. The Morgan fingerprint density at radius 1 is 1.06 bits per heavy atom. The molecule has 1 saturated carbocycles. The van der Waals surface area contributed by atoms with Crippen LogP contribution in [0.4, 0.5) is 4.39 Å². The number of Topliss-reactive ketones (excluding diaryl/α,β-unsaturated/α-hetero) is 1. The number of nitrogens with zero attached hydrogens (tertiary/aromatic N) is 6. The fourth-order valence-corrected chi connectivity index (χ4v) is 6.52. The number of piperidine rings is 1. The van der Waals surface area contributed by atoms with Crippen LogP contribution in [0.3, 0.4) is 0 Å². The van der Waals surface area contributed by atoms with Gasteiger partial charge < -0.3 is 0 Å². The Morgan fingerprint density at radius 3 is 2.64 bits per heavy atom. The zero-order chi connectivity index (χ0) is 24.7. The van der Waals surface area contributed by atoms with Gasteiger partial charge in [-0.3, -0.25) is 29.2 Å². The summed E-state index contributed by atoms with van der Waals surface area (Å²) in [7, 11) is 2.01. The first-order chi connectivity index (χ1) is 17.5. The highest BCUT2D eigenvalue weighted by Gasteiger charge is 2.53. The molecular formula is C28H35FN6O. The summed E-state index contributed by atoms with van der Waals surface area (Å²) in [5.41, 5.74) is 5.29. The molecule has 190 valence electrons. The van der Waals surface area contributed by atoms with Crippen LogP contribution >= 0.6 is 0 Å². The van der Waals surface area contributed by atoms with E-state index in [0.29, 0.717) is 13.0 Å². The van der Waals surface area contributed by atoms with E-state index in [0.717, 1.165) is 73.3 Å². The van der Waals surface area contributed by atoms with Crippen LogP contribution in [-0.2, 0) is 24.8 Å². The molecule has 3 aromatic heterocycles. The molecule has 7 nitrogen and oxygen atoms in total.